The number of phosphoric acid groups is 1. The van der Waals surface area contributed by atoms with Gasteiger partial charge in [-0.15, -0.1) is 0 Å². The van der Waals surface area contributed by atoms with E-state index in [0.29, 0.717) is 30.3 Å². The van der Waals surface area contributed by atoms with Crippen molar-refractivity contribution in [3.63, 3.8) is 0 Å². The van der Waals surface area contributed by atoms with Crippen molar-refractivity contribution in [2.24, 2.45) is 0 Å². The molecule has 0 saturated carbocycles. The predicted octanol–water partition coefficient (Wildman–Crippen LogP) is 11.1. The third kappa shape index (κ3) is 43.1. The van der Waals surface area contributed by atoms with Crippen LogP contribution in [0.25, 0.3) is 0 Å². The number of likely N-dealkylation sites (N-methyl/N-ethyl adjacent to an activating group) is 1. The average Bonchev–Trinajstić information content (AvgIpc) is 3.18. The molecule has 0 bridgehead atoms. The summed E-state index contributed by atoms with van der Waals surface area (Å²) >= 11 is 0. The zero-order valence-electron chi connectivity index (χ0n) is 37.5. The van der Waals surface area contributed by atoms with Gasteiger partial charge in [0.05, 0.1) is 33.9 Å². The van der Waals surface area contributed by atoms with Crippen molar-refractivity contribution in [2.45, 2.75) is 161 Å². The first-order chi connectivity index (χ1) is 28.4. The largest absolute Gasteiger partial charge is 0.756 e. The Labute approximate surface area is 359 Å². The molecule has 0 aliphatic carbocycles. The molecule has 0 saturated heterocycles. The van der Waals surface area contributed by atoms with Gasteiger partial charge in [0.25, 0.3) is 7.82 Å². The number of hydrogen-bond acceptors (Lipinski definition) is 9. The smallest absolute Gasteiger partial charge is 0.306 e. The quantitative estimate of drug-likeness (QED) is 0.0160. The van der Waals surface area contributed by atoms with Crippen LogP contribution in [0.3, 0.4) is 0 Å². The highest BCUT2D eigenvalue weighted by Crippen LogP contribution is 2.38. The number of hydrogen-bond donors (Lipinski definition) is 1. The van der Waals surface area contributed by atoms with Crippen LogP contribution in [0.4, 0.5) is 0 Å². The molecule has 0 aromatic carbocycles. The maximum Gasteiger partial charge on any atom is 0.306 e. The van der Waals surface area contributed by atoms with Crippen LogP contribution in [0.1, 0.15) is 149 Å². The molecule has 0 fully saturated rings. The minimum atomic E-state index is -4.66. The number of esters is 2. The van der Waals surface area contributed by atoms with Crippen LogP contribution in [0.15, 0.2) is 85.1 Å². The van der Waals surface area contributed by atoms with E-state index in [1.807, 2.05) is 63.7 Å². The molecule has 11 heteroatoms. The van der Waals surface area contributed by atoms with Gasteiger partial charge >= 0.3 is 11.9 Å². The molecule has 0 amide bonds. The van der Waals surface area contributed by atoms with Gasteiger partial charge in [0.2, 0.25) is 0 Å². The highest BCUT2D eigenvalue weighted by atomic mass is 31.2. The standard InChI is InChI=1S/C48H82NO9P/c1-6-8-10-11-12-13-14-15-16-19-22-25-28-31-35-39-47(51)55-43-46(44-57-59(53,54)56-42-41-49(3,4)5)58-48(52)40-36-32-29-26-23-20-17-18-21-24-27-30-34-38-45(50)37-33-9-7-2/h9,13-14,18,20-21,23,27,29-30,32-34,38,45-46,50H,6-8,10-12,15-17,19,22,24-26,28,31,35-37,39-44H2,1-5H3/b14-13-,21-18-,23-20-,30-27+,32-29-,33-9-,38-34+/t45?,46-/m1/s1. The van der Waals surface area contributed by atoms with E-state index in [1.165, 1.54) is 51.4 Å². The van der Waals surface area contributed by atoms with Crippen molar-refractivity contribution in [1.82, 2.24) is 0 Å². The molecule has 0 aliphatic heterocycles. The summed E-state index contributed by atoms with van der Waals surface area (Å²) in [6.45, 7) is 3.88. The Morgan fingerprint density at radius 1 is 0.644 bits per heavy atom. The van der Waals surface area contributed by atoms with Crippen LogP contribution < -0.4 is 4.89 Å². The summed E-state index contributed by atoms with van der Waals surface area (Å²) in [7, 11) is 1.08. The number of carbonyl (C=O) groups is 2. The zero-order chi connectivity index (χ0) is 43.7. The van der Waals surface area contributed by atoms with Gasteiger partial charge in [-0.1, -0.05) is 150 Å². The van der Waals surface area contributed by atoms with Crippen molar-refractivity contribution in [3.8, 4) is 0 Å². The van der Waals surface area contributed by atoms with E-state index >= 15 is 0 Å². The van der Waals surface area contributed by atoms with Crippen LogP contribution in [-0.4, -0.2) is 81.2 Å². The van der Waals surface area contributed by atoms with Crippen molar-refractivity contribution in [1.29, 1.82) is 0 Å². The van der Waals surface area contributed by atoms with E-state index in [4.69, 9.17) is 18.5 Å². The maximum absolute atomic E-state index is 12.7. The molecule has 3 atom stereocenters. The lowest BCUT2D eigenvalue weighted by molar-refractivity contribution is -0.870. The second kappa shape index (κ2) is 39.3. The number of unbranched alkanes of at least 4 members (excludes halogenated alkanes) is 11. The molecular formula is C48H82NO9P. The number of aliphatic hydroxyl groups excluding tert-OH is 1. The molecule has 0 aliphatic rings. The Bertz CT molecular complexity index is 1300. The first kappa shape index (κ1) is 56.1. The van der Waals surface area contributed by atoms with Crippen molar-refractivity contribution in [2.75, 3.05) is 47.5 Å². The minimum Gasteiger partial charge on any atom is -0.756 e. The summed E-state index contributed by atoms with van der Waals surface area (Å²) < 4.78 is 33.8. The fourth-order valence-corrected chi connectivity index (χ4v) is 6.19. The molecule has 2 unspecified atom stereocenters. The first-order valence-electron chi connectivity index (χ1n) is 22.4. The number of allylic oxidation sites excluding steroid dienone is 12. The molecule has 0 aromatic heterocycles. The Balaban J connectivity index is 4.54. The summed E-state index contributed by atoms with van der Waals surface area (Å²) in [6, 6.07) is 0. The Morgan fingerprint density at radius 3 is 1.85 bits per heavy atom. The summed E-state index contributed by atoms with van der Waals surface area (Å²) in [6.07, 6.45) is 46.7. The summed E-state index contributed by atoms with van der Waals surface area (Å²) in [5, 5.41) is 9.85. The lowest BCUT2D eigenvalue weighted by atomic mass is 10.1. The highest BCUT2D eigenvalue weighted by molar-refractivity contribution is 7.45. The Hall–Kier alpha value is -2.85. The number of aliphatic hydroxyl groups is 1. The lowest BCUT2D eigenvalue weighted by Gasteiger charge is -2.28. The van der Waals surface area contributed by atoms with Crippen LogP contribution >= 0.6 is 7.82 Å². The van der Waals surface area contributed by atoms with Crippen molar-refractivity contribution in [3.05, 3.63) is 85.1 Å². The van der Waals surface area contributed by atoms with Gasteiger partial charge < -0.3 is 33.0 Å². The first-order valence-corrected chi connectivity index (χ1v) is 23.9. The molecule has 0 rings (SSSR count). The van der Waals surface area contributed by atoms with E-state index in [-0.39, 0.29) is 26.1 Å². The topological polar surface area (TPSA) is 131 Å². The second-order valence-corrected chi connectivity index (χ2v) is 17.3. The van der Waals surface area contributed by atoms with Crippen LogP contribution in [0.5, 0.6) is 0 Å². The van der Waals surface area contributed by atoms with Crippen molar-refractivity contribution >= 4 is 19.8 Å². The molecular weight excluding hydrogens is 766 g/mol. The normalized spacial score (nSPS) is 14.9. The SMILES string of the molecule is CC/C=C\CC(O)/C=C/C=C/C/C=C\C/C=C\C/C=C\CCC(=O)O[C@H](COC(=O)CCCCCCCCC/C=C\CCCCCC)COP(=O)([O-])OCC[N+](C)(C)C. The predicted molar refractivity (Wildman–Crippen MR) is 242 cm³/mol. The summed E-state index contributed by atoms with van der Waals surface area (Å²) in [5.41, 5.74) is 0. The van der Waals surface area contributed by atoms with Gasteiger partial charge in [-0.2, -0.15) is 0 Å². The molecule has 0 spiro atoms. The molecule has 0 heterocycles. The van der Waals surface area contributed by atoms with E-state index in [0.717, 1.165) is 51.4 Å². The van der Waals surface area contributed by atoms with Crippen LogP contribution in [0, 0.1) is 0 Å². The fraction of sp³-hybridized carbons (Fsp3) is 0.667. The van der Waals surface area contributed by atoms with E-state index in [2.05, 4.69) is 50.3 Å². The van der Waals surface area contributed by atoms with Gasteiger partial charge in [-0.25, -0.2) is 0 Å². The fourth-order valence-electron chi connectivity index (χ4n) is 5.46. The number of rotatable bonds is 39. The van der Waals surface area contributed by atoms with E-state index in [9.17, 15) is 24.2 Å². The van der Waals surface area contributed by atoms with E-state index < -0.39 is 38.6 Å². The Morgan fingerprint density at radius 2 is 1.22 bits per heavy atom. The van der Waals surface area contributed by atoms with E-state index in [1.54, 1.807) is 6.08 Å². The minimum absolute atomic E-state index is 0.0564. The molecule has 0 radical (unpaired) electrons. The molecule has 338 valence electrons. The number of carbonyl (C=O) groups excluding carboxylic acids is 2. The van der Waals surface area contributed by atoms with Gasteiger partial charge in [0.1, 0.15) is 19.8 Å². The number of phosphoric ester groups is 1. The monoisotopic (exact) mass is 848 g/mol. The van der Waals surface area contributed by atoms with Gasteiger partial charge in [0, 0.05) is 12.8 Å². The van der Waals surface area contributed by atoms with Crippen LogP contribution in [0.2, 0.25) is 0 Å². The Kier molecular flexibility index (Phi) is 37.4. The van der Waals surface area contributed by atoms with Gasteiger partial charge in [-0.3, -0.25) is 14.2 Å². The molecule has 59 heavy (non-hydrogen) atoms. The number of ether oxygens (including phenoxy) is 2. The van der Waals surface area contributed by atoms with Gasteiger partial charge in [-0.05, 0) is 70.6 Å². The molecule has 1 N–H and O–H groups in total. The third-order valence-corrected chi connectivity index (χ3v) is 9.96. The maximum atomic E-state index is 12.7. The lowest BCUT2D eigenvalue weighted by Crippen LogP contribution is -2.37. The van der Waals surface area contributed by atoms with Crippen molar-refractivity contribution < 1.29 is 47.2 Å². The zero-order valence-corrected chi connectivity index (χ0v) is 38.4. The summed E-state index contributed by atoms with van der Waals surface area (Å²) in [5.74, 6) is -0.966. The molecule has 10 nitrogen and oxygen atoms in total. The van der Waals surface area contributed by atoms with Gasteiger partial charge in [0.15, 0.2) is 6.10 Å². The number of nitrogens with zero attached hydrogens (tertiary/aromatic N) is 1. The second-order valence-electron chi connectivity index (χ2n) is 15.9. The summed E-state index contributed by atoms with van der Waals surface area (Å²) in [4.78, 5) is 37.5. The average molecular weight is 848 g/mol. The third-order valence-electron chi connectivity index (χ3n) is 8.99. The van der Waals surface area contributed by atoms with Crippen LogP contribution in [-0.2, 0) is 32.7 Å². The number of quaternary nitrogens is 1. The molecule has 0 aromatic rings. The highest BCUT2D eigenvalue weighted by Gasteiger charge is 2.21.